The first-order chi connectivity index (χ1) is 10.2. The van der Waals surface area contributed by atoms with Gasteiger partial charge in [-0.2, -0.15) is 0 Å². The van der Waals surface area contributed by atoms with E-state index in [0.29, 0.717) is 0 Å². The number of aromatic nitrogens is 1. The third kappa shape index (κ3) is 4.24. The lowest BCUT2D eigenvalue weighted by molar-refractivity contribution is -0.385. The molecule has 0 saturated heterocycles. The zero-order chi connectivity index (χ0) is 15.1. The van der Waals surface area contributed by atoms with E-state index >= 15 is 0 Å². The summed E-state index contributed by atoms with van der Waals surface area (Å²) in [7, 11) is 0. The largest absolute Gasteiger partial charge is 0.457 e. The summed E-state index contributed by atoms with van der Waals surface area (Å²) in [5.41, 5.74) is 0.867. The molecule has 1 aromatic carbocycles. The first-order valence-electron chi connectivity index (χ1n) is 6.16. The van der Waals surface area contributed by atoms with Crippen LogP contribution < -0.4 is 0 Å². The Morgan fingerprint density at radius 1 is 1.24 bits per heavy atom. The first-order valence-corrected chi connectivity index (χ1v) is 6.16. The van der Waals surface area contributed by atoms with E-state index in [2.05, 4.69) is 4.98 Å². The fourth-order valence-electron chi connectivity index (χ4n) is 1.56. The summed E-state index contributed by atoms with van der Waals surface area (Å²) in [6, 6.07) is 12.1. The minimum absolute atomic E-state index is 0.0358. The van der Waals surface area contributed by atoms with E-state index < -0.39 is 10.9 Å². The van der Waals surface area contributed by atoms with Crippen molar-refractivity contribution in [2.24, 2.45) is 0 Å². The molecule has 0 saturated carbocycles. The summed E-state index contributed by atoms with van der Waals surface area (Å²) in [5.74, 6) is -0.623. The lowest BCUT2D eigenvalue weighted by Gasteiger charge is -2.00. The van der Waals surface area contributed by atoms with Gasteiger partial charge < -0.3 is 4.74 Å². The van der Waals surface area contributed by atoms with Crippen LogP contribution in [0.2, 0.25) is 0 Å². The molecule has 2 aromatic rings. The average Bonchev–Trinajstić information content (AvgIpc) is 2.52. The number of nitro groups is 1. The maximum atomic E-state index is 11.6. The molecule has 0 aliphatic heterocycles. The van der Waals surface area contributed by atoms with Crippen LogP contribution in [0.3, 0.4) is 0 Å². The fraction of sp³-hybridized carbons (Fsp3) is 0.0667. The van der Waals surface area contributed by atoms with Gasteiger partial charge in [0.15, 0.2) is 0 Å². The zero-order valence-electron chi connectivity index (χ0n) is 11.0. The Morgan fingerprint density at radius 2 is 2.00 bits per heavy atom. The van der Waals surface area contributed by atoms with Crippen LogP contribution >= 0.6 is 0 Å². The normalized spacial score (nSPS) is 10.5. The second-order valence-electron chi connectivity index (χ2n) is 4.07. The molecule has 1 aromatic heterocycles. The fourth-order valence-corrected chi connectivity index (χ4v) is 1.56. The van der Waals surface area contributed by atoms with Crippen LogP contribution in [-0.4, -0.2) is 22.5 Å². The van der Waals surface area contributed by atoms with Crippen LogP contribution in [0.25, 0.3) is 6.08 Å². The molecular formula is C15H12N2O4. The molecule has 6 nitrogen and oxygen atoms in total. The van der Waals surface area contributed by atoms with Gasteiger partial charge in [-0.3, -0.25) is 10.1 Å². The summed E-state index contributed by atoms with van der Waals surface area (Å²) in [4.78, 5) is 25.2. The number of nitrogens with zero attached hydrogens (tertiary/aromatic N) is 2. The quantitative estimate of drug-likeness (QED) is 0.479. The molecule has 0 aliphatic carbocycles. The molecule has 0 unspecified atom stereocenters. The van der Waals surface area contributed by atoms with Crippen LogP contribution in [0.5, 0.6) is 0 Å². The van der Waals surface area contributed by atoms with E-state index in [-0.39, 0.29) is 18.0 Å². The Bertz CT molecular complexity index is 651. The van der Waals surface area contributed by atoms with E-state index in [1.807, 2.05) is 36.4 Å². The molecular weight excluding hydrogens is 272 g/mol. The van der Waals surface area contributed by atoms with Crippen molar-refractivity contribution < 1.29 is 14.5 Å². The first kappa shape index (κ1) is 14.4. The van der Waals surface area contributed by atoms with Crippen molar-refractivity contribution in [2.45, 2.75) is 0 Å². The van der Waals surface area contributed by atoms with Gasteiger partial charge in [-0.1, -0.05) is 36.4 Å². The molecule has 0 spiro atoms. The molecule has 0 radical (unpaired) electrons. The van der Waals surface area contributed by atoms with E-state index in [1.54, 1.807) is 6.08 Å². The molecule has 6 heteroatoms. The molecule has 0 atom stereocenters. The monoisotopic (exact) mass is 284 g/mol. The number of rotatable bonds is 5. The van der Waals surface area contributed by atoms with Crippen LogP contribution in [-0.2, 0) is 4.74 Å². The topological polar surface area (TPSA) is 82.3 Å². The molecule has 0 N–H and O–H groups in total. The van der Waals surface area contributed by atoms with Crippen LogP contribution in [0, 0.1) is 10.1 Å². The summed E-state index contributed by atoms with van der Waals surface area (Å²) >= 11 is 0. The highest BCUT2D eigenvalue weighted by Crippen LogP contribution is 2.09. The summed E-state index contributed by atoms with van der Waals surface area (Å²) in [5, 5.41) is 10.5. The average molecular weight is 284 g/mol. The number of hydrogen-bond donors (Lipinski definition) is 0. The highest BCUT2D eigenvalue weighted by molar-refractivity contribution is 5.87. The number of pyridine rings is 1. The summed E-state index contributed by atoms with van der Waals surface area (Å²) < 4.78 is 4.99. The molecule has 0 bridgehead atoms. The standard InChI is InChI=1S/C15H12N2O4/c18-15(14-9-8-13(11-16-14)17(19)20)21-10-4-7-12-5-2-1-3-6-12/h1-9,11H,10H2/b7-4+. The van der Waals surface area contributed by atoms with Crippen LogP contribution in [0.4, 0.5) is 5.69 Å². The Balaban J connectivity index is 1.87. The van der Waals surface area contributed by atoms with Crippen LogP contribution in [0.1, 0.15) is 16.1 Å². The van der Waals surface area contributed by atoms with Crippen molar-refractivity contribution in [3.8, 4) is 0 Å². The summed E-state index contributed by atoms with van der Waals surface area (Å²) in [6.07, 6.45) is 4.56. The predicted octanol–water partition coefficient (Wildman–Crippen LogP) is 2.86. The lowest BCUT2D eigenvalue weighted by atomic mass is 10.2. The maximum Gasteiger partial charge on any atom is 0.357 e. The van der Waals surface area contributed by atoms with Crippen molar-refractivity contribution in [2.75, 3.05) is 6.61 Å². The number of ether oxygens (including phenoxy) is 1. The number of benzene rings is 1. The Labute approximate surface area is 120 Å². The van der Waals surface area contributed by atoms with Gasteiger partial charge in [0.2, 0.25) is 0 Å². The lowest BCUT2D eigenvalue weighted by Crippen LogP contribution is -2.07. The molecule has 0 fully saturated rings. The maximum absolute atomic E-state index is 11.6. The number of hydrogen-bond acceptors (Lipinski definition) is 5. The highest BCUT2D eigenvalue weighted by Gasteiger charge is 2.11. The molecule has 106 valence electrons. The molecule has 2 rings (SSSR count). The van der Waals surface area contributed by atoms with Crippen molar-refractivity contribution >= 4 is 17.7 Å². The Hall–Kier alpha value is -3.02. The van der Waals surface area contributed by atoms with Gasteiger partial charge in [-0.25, -0.2) is 9.78 Å². The predicted molar refractivity (Wildman–Crippen MR) is 76.6 cm³/mol. The van der Waals surface area contributed by atoms with Crippen LogP contribution in [0.15, 0.2) is 54.7 Å². The molecule has 1 heterocycles. The van der Waals surface area contributed by atoms with E-state index in [0.717, 1.165) is 11.8 Å². The number of esters is 1. The second-order valence-corrected chi connectivity index (χ2v) is 4.07. The second kappa shape index (κ2) is 6.95. The van der Waals surface area contributed by atoms with Gasteiger partial charge in [-0.05, 0) is 17.7 Å². The third-order valence-electron chi connectivity index (χ3n) is 2.59. The van der Waals surface area contributed by atoms with Gasteiger partial charge in [0.1, 0.15) is 18.5 Å². The Morgan fingerprint density at radius 3 is 2.62 bits per heavy atom. The number of carbonyl (C=O) groups is 1. The Kier molecular flexibility index (Phi) is 4.76. The van der Waals surface area contributed by atoms with Gasteiger partial charge in [0.25, 0.3) is 5.69 Å². The van der Waals surface area contributed by atoms with Crippen molar-refractivity contribution in [1.82, 2.24) is 4.98 Å². The van der Waals surface area contributed by atoms with E-state index in [9.17, 15) is 14.9 Å². The van der Waals surface area contributed by atoms with Gasteiger partial charge >= 0.3 is 5.97 Å². The smallest absolute Gasteiger partial charge is 0.357 e. The van der Waals surface area contributed by atoms with Gasteiger partial charge in [-0.15, -0.1) is 0 Å². The molecule has 21 heavy (non-hydrogen) atoms. The third-order valence-corrected chi connectivity index (χ3v) is 2.59. The summed E-state index contributed by atoms with van der Waals surface area (Å²) in [6.45, 7) is 0.104. The van der Waals surface area contributed by atoms with Gasteiger partial charge in [0.05, 0.1) is 4.92 Å². The molecule has 0 amide bonds. The van der Waals surface area contributed by atoms with Gasteiger partial charge in [0, 0.05) is 6.07 Å². The van der Waals surface area contributed by atoms with E-state index in [1.165, 1.54) is 12.1 Å². The SMILES string of the molecule is O=C(OC/C=C/c1ccccc1)c1ccc([N+](=O)[O-])cn1. The van der Waals surface area contributed by atoms with E-state index in [4.69, 9.17) is 4.74 Å². The number of carbonyl (C=O) groups excluding carboxylic acids is 1. The molecule has 0 aliphatic rings. The van der Waals surface area contributed by atoms with Crippen molar-refractivity contribution in [3.05, 3.63) is 76.1 Å². The highest BCUT2D eigenvalue weighted by atomic mass is 16.6. The van der Waals surface area contributed by atoms with Crippen molar-refractivity contribution in [3.63, 3.8) is 0 Å². The minimum Gasteiger partial charge on any atom is -0.457 e. The minimum atomic E-state index is -0.623. The van der Waals surface area contributed by atoms with Crippen molar-refractivity contribution in [1.29, 1.82) is 0 Å². The zero-order valence-corrected chi connectivity index (χ0v) is 11.0.